The van der Waals surface area contributed by atoms with Crippen LogP contribution in [0.3, 0.4) is 0 Å². The first-order valence-corrected chi connectivity index (χ1v) is 4.39. The van der Waals surface area contributed by atoms with Gasteiger partial charge in [-0.2, -0.15) is 0 Å². The van der Waals surface area contributed by atoms with Crippen LogP contribution in [0.5, 0.6) is 0 Å². The second-order valence-electron chi connectivity index (χ2n) is 3.22. The van der Waals surface area contributed by atoms with Crippen LogP contribution in [0.1, 0.15) is 15.9 Å². The summed E-state index contributed by atoms with van der Waals surface area (Å²) in [7, 11) is 1.93. The topological polar surface area (TPSA) is 20.3 Å². The molecule has 0 spiro atoms. The average Bonchev–Trinajstić information content (AvgIpc) is 2.17. The van der Waals surface area contributed by atoms with Gasteiger partial charge in [-0.15, -0.1) is 6.42 Å². The van der Waals surface area contributed by atoms with Crippen LogP contribution < -0.4 is 4.90 Å². The Morgan fingerprint density at radius 3 is 2.79 bits per heavy atom. The fourth-order valence-corrected chi connectivity index (χ4v) is 1.40. The molecular formula is C12H13NO. The van der Waals surface area contributed by atoms with Gasteiger partial charge in [-0.05, 0) is 30.7 Å². The van der Waals surface area contributed by atoms with Crippen molar-refractivity contribution in [3.63, 3.8) is 0 Å². The van der Waals surface area contributed by atoms with Crippen molar-refractivity contribution in [2.24, 2.45) is 0 Å². The summed E-state index contributed by atoms with van der Waals surface area (Å²) < 4.78 is 0. The third-order valence-electron chi connectivity index (χ3n) is 2.10. The molecule has 0 unspecified atom stereocenters. The molecule has 0 bridgehead atoms. The Balaban J connectivity index is 3.00. The molecule has 0 saturated carbocycles. The second kappa shape index (κ2) is 4.48. The molecule has 0 aliphatic carbocycles. The average molecular weight is 187 g/mol. The summed E-state index contributed by atoms with van der Waals surface area (Å²) in [6.45, 7) is 2.54. The largest absolute Gasteiger partial charge is 0.363 e. The molecule has 0 heterocycles. The highest BCUT2D eigenvalue weighted by Crippen LogP contribution is 2.18. The molecule has 0 aliphatic heterocycles. The van der Waals surface area contributed by atoms with Gasteiger partial charge in [-0.1, -0.05) is 5.92 Å². The third-order valence-corrected chi connectivity index (χ3v) is 2.10. The van der Waals surface area contributed by atoms with E-state index in [1.807, 2.05) is 31.0 Å². The van der Waals surface area contributed by atoms with Gasteiger partial charge in [0.2, 0.25) is 0 Å². The lowest BCUT2D eigenvalue weighted by Crippen LogP contribution is -2.18. The number of carbonyl (C=O) groups excluding carboxylic acids is 1. The normalized spacial score (nSPS) is 9.21. The van der Waals surface area contributed by atoms with Crippen LogP contribution in [-0.4, -0.2) is 19.9 Å². The number of terminal acetylenes is 1. The molecule has 2 nitrogen and oxygen atoms in total. The smallest absolute Gasteiger partial charge is 0.150 e. The Labute approximate surface area is 84.5 Å². The lowest BCUT2D eigenvalue weighted by atomic mass is 10.1. The SMILES string of the molecule is C#CCN(C)c1ccc(C=O)cc1C. The van der Waals surface area contributed by atoms with Crippen molar-refractivity contribution in [2.45, 2.75) is 6.92 Å². The molecule has 2 heteroatoms. The predicted molar refractivity (Wildman–Crippen MR) is 58.7 cm³/mol. The van der Waals surface area contributed by atoms with Crippen LogP contribution in [0.2, 0.25) is 0 Å². The van der Waals surface area contributed by atoms with E-state index in [0.29, 0.717) is 12.1 Å². The zero-order valence-electron chi connectivity index (χ0n) is 8.45. The summed E-state index contributed by atoms with van der Waals surface area (Å²) in [4.78, 5) is 12.5. The van der Waals surface area contributed by atoms with Crippen LogP contribution in [0.15, 0.2) is 18.2 Å². The minimum Gasteiger partial charge on any atom is -0.363 e. The first-order chi connectivity index (χ1) is 6.69. The van der Waals surface area contributed by atoms with E-state index in [1.165, 1.54) is 0 Å². The molecule has 1 aromatic rings. The molecule has 0 fully saturated rings. The Kier molecular flexibility index (Phi) is 3.30. The van der Waals surface area contributed by atoms with Crippen LogP contribution in [-0.2, 0) is 0 Å². The number of aldehydes is 1. The number of hydrogen-bond donors (Lipinski definition) is 0. The van der Waals surface area contributed by atoms with Crippen LogP contribution in [0.4, 0.5) is 5.69 Å². The minimum absolute atomic E-state index is 0.571. The van der Waals surface area contributed by atoms with Gasteiger partial charge in [0.1, 0.15) is 6.29 Å². The molecule has 0 saturated heterocycles. The fourth-order valence-electron chi connectivity index (χ4n) is 1.40. The monoisotopic (exact) mass is 187 g/mol. The summed E-state index contributed by atoms with van der Waals surface area (Å²) in [6.07, 6.45) is 6.07. The van der Waals surface area contributed by atoms with Crippen molar-refractivity contribution in [2.75, 3.05) is 18.5 Å². The van der Waals surface area contributed by atoms with Gasteiger partial charge < -0.3 is 4.90 Å². The van der Waals surface area contributed by atoms with E-state index < -0.39 is 0 Å². The maximum Gasteiger partial charge on any atom is 0.150 e. The quantitative estimate of drug-likeness (QED) is 0.532. The molecule has 0 aromatic heterocycles. The van der Waals surface area contributed by atoms with Crippen molar-refractivity contribution < 1.29 is 4.79 Å². The summed E-state index contributed by atoms with van der Waals surface area (Å²) >= 11 is 0. The van der Waals surface area contributed by atoms with Gasteiger partial charge >= 0.3 is 0 Å². The number of carbonyl (C=O) groups is 1. The van der Waals surface area contributed by atoms with E-state index in [2.05, 4.69) is 5.92 Å². The summed E-state index contributed by atoms with van der Waals surface area (Å²) in [5, 5.41) is 0. The highest BCUT2D eigenvalue weighted by atomic mass is 16.1. The molecule has 0 radical (unpaired) electrons. The van der Waals surface area contributed by atoms with Gasteiger partial charge in [-0.3, -0.25) is 4.79 Å². The van der Waals surface area contributed by atoms with Crippen molar-refractivity contribution in [3.05, 3.63) is 29.3 Å². The third kappa shape index (κ3) is 2.14. The maximum absolute atomic E-state index is 10.5. The molecule has 1 rings (SSSR count). The second-order valence-corrected chi connectivity index (χ2v) is 3.22. The van der Waals surface area contributed by atoms with E-state index in [1.54, 1.807) is 6.07 Å². The Bertz CT molecular complexity index is 376. The Morgan fingerprint density at radius 2 is 2.29 bits per heavy atom. The molecule has 1 aromatic carbocycles. The lowest BCUT2D eigenvalue weighted by Gasteiger charge is -2.18. The van der Waals surface area contributed by atoms with Crippen molar-refractivity contribution in [1.82, 2.24) is 0 Å². The molecular weight excluding hydrogens is 174 g/mol. The summed E-state index contributed by atoms with van der Waals surface area (Å²) in [5.41, 5.74) is 2.82. The number of nitrogens with zero attached hydrogens (tertiary/aromatic N) is 1. The van der Waals surface area contributed by atoms with Gasteiger partial charge in [0, 0.05) is 18.3 Å². The summed E-state index contributed by atoms with van der Waals surface area (Å²) in [6, 6.07) is 5.56. The highest BCUT2D eigenvalue weighted by molar-refractivity contribution is 5.76. The van der Waals surface area contributed by atoms with E-state index in [0.717, 1.165) is 17.5 Å². The molecule has 0 atom stereocenters. The van der Waals surface area contributed by atoms with Gasteiger partial charge in [0.05, 0.1) is 6.54 Å². The van der Waals surface area contributed by atoms with Crippen LogP contribution >= 0.6 is 0 Å². The van der Waals surface area contributed by atoms with Gasteiger partial charge in [0.25, 0.3) is 0 Å². The first-order valence-electron chi connectivity index (χ1n) is 4.39. The van der Waals surface area contributed by atoms with E-state index in [9.17, 15) is 4.79 Å². The zero-order chi connectivity index (χ0) is 10.6. The molecule has 0 aliphatic rings. The predicted octanol–water partition coefficient (Wildman–Crippen LogP) is 1.88. The molecule has 0 N–H and O–H groups in total. The first kappa shape index (κ1) is 10.3. The van der Waals surface area contributed by atoms with Crippen molar-refractivity contribution in [3.8, 4) is 12.3 Å². The highest BCUT2D eigenvalue weighted by Gasteiger charge is 2.03. The standard InChI is InChI=1S/C12H13NO/c1-4-7-13(3)12-6-5-11(9-14)8-10(12)2/h1,5-6,8-9H,7H2,2-3H3. The molecule has 14 heavy (non-hydrogen) atoms. The summed E-state index contributed by atoms with van der Waals surface area (Å²) in [5.74, 6) is 2.58. The number of hydrogen-bond acceptors (Lipinski definition) is 2. The number of rotatable bonds is 3. The molecule has 72 valence electrons. The van der Waals surface area contributed by atoms with Gasteiger partial charge in [0.15, 0.2) is 0 Å². The van der Waals surface area contributed by atoms with E-state index in [4.69, 9.17) is 6.42 Å². The molecule has 0 amide bonds. The van der Waals surface area contributed by atoms with Crippen molar-refractivity contribution in [1.29, 1.82) is 0 Å². The van der Waals surface area contributed by atoms with E-state index in [-0.39, 0.29) is 0 Å². The van der Waals surface area contributed by atoms with Crippen molar-refractivity contribution >= 4 is 12.0 Å². The van der Waals surface area contributed by atoms with Crippen LogP contribution in [0.25, 0.3) is 0 Å². The number of benzene rings is 1. The Hall–Kier alpha value is -1.75. The maximum atomic E-state index is 10.5. The number of aryl methyl sites for hydroxylation is 1. The lowest BCUT2D eigenvalue weighted by molar-refractivity contribution is 0.112. The van der Waals surface area contributed by atoms with E-state index >= 15 is 0 Å². The minimum atomic E-state index is 0.571. The van der Waals surface area contributed by atoms with Crippen LogP contribution in [0, 0.1) is 19.3 Å². The Morgan fingerprint density at radius 1 is 1.57 bits per heavy atom. The zero-order valence-corrected chi connectivity index (χ0v) is 8.45. The van der Waals surface area contributed by atoms with Gasteiger partial charge in [-0.25, -0.2) is 0 Å². The number of anilines is 1. The fraction of sp³-hybridized carbons (Fsp3) is 0.250.